The molecule has 8 heteroatoms. The number of allylic oxidation sites excluding steroid dienone is 1. The molecule has 3 fully saturated rings. The first-order valence-electron chi connectivity index (χ1n) is 11.9. The number of rotatable bonds is 6. The van der Waals surface area contributed by atoms with E-state index in [1.165, 1.54) is 18.7 Å². The van der Waals surface area contributed by atoms with E-state index in [0.717, 1.165) is 5.57 Å². The van der Waals surface area contributed by atoms with Crippen molar-refractivity contribution in [2.24, 2.45) is 22.7 Å². The summed E-state index contributed by atoms with van der Waals surface area (Å²) in [5.74, 6) is -1.15. The molecule has 0 radical (unpaired) electrons. The van der Waals surface area contributed by atoms with Crippen LogP contribution in [0.5, 0.6) is 0 Å². The van der Waals surface area contributed by atoms with Crippen molar-refractivity contribution < 1.29 is 33.4 Å². The van der Waals surface area contributed by atoms with Crippen molar-refractivity contribution in [3.63, 3.8) is 0 Å². The number of carbonyl (C=O) groups is 3. The van der Waals surface area contributed by atoms with Crippen LogP contribution in [0.1, 0.15) is 65.7 Å². The van der Waals surface area contributed by atoms with Gasteiger partial charge in [-0.05, 0) is 56.8 Å². The minimum absolute atomic E-state index is 0.0288. The van der Waals surface area contributed by atoms with Crippen molar-refractivity contribution in [2.75, 3.05) is 18.8 Å². The van der Waals surface area contributed by atoms with Crippen LogP contribution in [-0.2, 0) is 23.9 Å². The number of aliphatic hydroxyl groups is 1. The highest BCUT2D eigenvalue weighted by molar-refractivity contribution is 7.98. The van der Waals surface area contributed by atoms with Gasteiger partial charge in [0.05, 0.1) is 12.0 Å². The van der Waals surface area contributed by atoms with E-state index in [4.69, 9.17) is 9.47 Å². The van der Waals surface area contributed by atoms with Gasteiger partial charge in [0.25, 0.3) is 0 Å². The van der Waals surface area contributed by atoms with Crippen molar-refractivity contribution in [3.05, 3.63) is 11.6 Å². The molecular formula is C25H35FO6S. The van der Waals surface area contributed by atoms with Gasteiger partial charge in [-0.15, -0.1) is 11.8 Å². The fourth-order valence-corrected chi connectivity index (χ4v) is 8.10. The smallest absolute Gasteiger partial charge is 0.303 e. The summed E-state index contributed by atoms with van der Waals surface area (Å²) in [4.78, 5) is 36.9. The lowest BCUT2D eigenvalue weighted by Crippen LogP contribution is -2.70. The molecule has 1 unspecified atom stereocenters. The summed E-state index contributed by atoms with van der Waals surface area (Å²) in [5.41, 5.74) is -3.97. The molecule has 0 saturated heterocycles. The predicted octanol–water partition coefficient (Wildman–Crippen LogP) is 3.79. The summed E-state index contributed by atoms with van der Waals surface area (Å²) >= 11 is 1.45. The highest BCUT2D eigenvalue weighted by Gasteiger charge is 2.75. The maximum Gasteiger partial charge on any atom is 0.303 e. The first kappa shape index (κ1) is 24.9. The maximum atomic E-state index is 17.2. The number of ether oxygens (including phenoxy) is 2. The highest BCUT2D eigenvalue weighted by Crippen LogP contribution is 2.71. The largest absolute Gasteiger partial charge is 0.458 e. The van der Waals surface area contributed by atoms with Gasteiger partial charge in [0.2, 0.25) is 5.78 Å². The van der Waals surface area contributed by atoms with Crippen LogP contribution in [0, 0.1) is 22.7 Å². The van der Waals surface area contributed by atoms with E-state index in [1.54, 1.807) is 6.08 Å². The van der Waals surface area contributed by atoms with Crippen molar-refractivity contribution in [3.8, 4) is 0 Å². The predicted molar refractivity (Wildman–Crippen MR) is 122 cm³/mol. The van der Waals surface area contributed by atoms with E-state index in [1.807, 2.05) is 20.1 Å². The van der Waals surface area contributed by atoms with E-state index >= 15 is 4.39 Å². The van der Waals surface area contributed by atoms with Gasteiger partial charge >= 0.3 is 5.97 Å². The zero-order valence-electron chi connectivity index (χ0n) is 19.9. The topological polar surface area (TPSA) is 89.9 Å². The van der Waals surface area contributed by atoms with Crippen LogP contribution in [0.3, 0.4) is 0 Å². The summed E-state index contributed by atoms with van der Waals surface area (Å²) in [6.45, 7) is 4.67. The van der Waals surface area contributed by atoms with Gasteiger partial charge in [0, 0.05) is 30.1 Å². The van der Waals surface area contributed by atoms with Gasteiger partial charge in [-0.2, -0.15) is 0 Å². The quantitative estimate of drug-likeness (QED) is 0.455. The second-order valence-corrected chi connectivity index (χ2v) is 11.6. The Morgan fingerprint density at radius 1 is 1.21 bits per heavy atom. The molecule has 0 spiro atoms. The van der Waals surface area contributed by atoms with Crippen LogP contribution in [0.15, 0.2) is 11.6 Å². The van der Waals surface area contributed by atoms with Gasteiger partial charge in [0.15, 0.2) is 12.4 Å². The summed E-state index contributed by atoms with van der Waals surface area (Å²) in [6, 6.07) is 0. The zero-order chi connectivity index (χ0) is 24.2. The molecule has 4 aliphatic carbocycles. The van der Waals surface area contributed by atoms with Gasteiger partial charge in [-0.1, -0.05) is 19.4 Å². The fraction of sp³-hybridized carbons (Fsp3) is 0.800. The van der Waals surface area contributed by atoms with Crippen molar-refractivity contribution in [2.45, 2.75) is 83.1 Å². The van der Waals surface area contributed by atoms with E-state index in [2.05, 4.69) is 0 Å². The molecule has 0 aromatic rings. The number of alkyl halides is 1. The van der Waals surface area contributed by atoms with Crippen LogP contribution < -0.4 is 0 Å². The third-order valence-corrected chi connectivity index (χ3v) is 9.80. The monoisotopic (exact) mass is 482 g/mol. The van der Waals surface area contributed by atoms with Crippen LogP contribution >= 0.6 is 11.8 Å². The molecule has 6 nitrogen and oxygen atoms in total. The Labute approximate surface area is 199 Å². The molecule has 0 heterocycles. The summed E-state index contributed by atoms with van der Waals surface area (Å²) in [6.07, 6.45) is 5.12. The van der Waals surface area contributed by atoms with Gasteiger partial charge < -0.3 is 14.6 Å². The fourth-order valence-electron chi connectivity index (χ4n) is 7.78. The molecule has 0 aromatic heterocycles. The number of hydrogen-bond acceptors (Lipinski definition) is 7. The third-order valence-electron chi connectivity index (χ3n) is 9.44. The molecule has 4 rings (SSSR count). The Morgan fingerprint density at radius 3 is 2.61 bits per heavy atom. The lowest BCUT2D eigenvalue weighted by Gasteiger charge is -2.63. The molecule has 3 saturated carbocycles. The van der Waals surface area contributed by atoms with Gasteiger partial charge in [0.1, 0.15) is 11.3 Å². The molecule has 0 aromatic carbocycles. The normalized spacial score (nSPS) is 44.4. The Bertz CT molecular complexity index is 890. The molecule has 0 aliphatic heterocycles. The second-order valence-electron chi connectivity index (χ2n) is 10.7. The Balaban J connectivity index is 1.74. The van der Waals surface area contributed by atoms with Gasteiger partial charge in [-0.3, -0.25) is 14.4 Å². The van der Waals surface area contributed by atoms with Crippen molar-refractivity contribution >= 4 is 29.3 Å². The molecular weight excluding hydrogens is 447 g/mol. The zero-order valence-corrected chi connectivity index (χ0v) is 20.8. The average Bonchev–Trinajstić information content (AvgIpc) is 3.05. The number of thioether (sulfide) groups is 1. The second kappa shape index (κ2) is 8.45. The van der Waals surface area contributed by atoms with Gasteiger partial charge in [-0.25, -0.2) is 4.39 Å². The number of aliphatic hydroxyl groups excluding tert-OH is 1. The third kappa shape index (κ3) is 3.38. The van der Waals surface area contributed by atoms with E-state index in [0.29, 0.717) is 32.1 Å². The van der Waals surface area contributed by atoms with Crippen LogP contribution in [0.2, 0.25) is 0 Å². The van der Waals surface area contributed by atoms with Crippen LogP contribution in [0.25, 0.3) is 0 Å². The standard InChI is InChI=1S/C25H35FO6S/c1-15(27)31-13-21(30)24(32-14-33-4)10-8-18-19-6-5-16-11-17(28)7-9-22(16,2)25(19,26)20(29)12-23(18,24)3/h11,18-20,29H,5-10,12-14H2,1-4H3/t18-,19-,20?,22-,23-,24-,25-/m0/s1. The summed E-state index contributed by atoms with van der Waals surface area (Å²) in [5, 5.41) is 11.5. The molecule has 7 atom stereocenters. The number of carbonyl (C=O) groups excluding carboxylic acids is 3. The Hall–Kier alpha value is -1.25. The molecule has 0 amide bonds. The molecule has 1 N–H and O–H groups in total. The SMILES string of the molecule is CSCO[C@]1(C(=O)COC(C)=O)CC[C@H]2[C@@H]3CCC4=CC(=O)CC[C@]4(C)[C@@]3(F)C(O)C[C@@]21C. The molecule has 33 heavy (non-hydrogen) atoms. The van der Waals surface area contributed by atoms with Crippen LogP contribution in [-0.4, -0.2) is 58.8 Å². The molecule has 0 bridgehead atoms. The first-order valence-corrected chi connectivity index (χ1v) is 13.3. The van der Waals surface area contributed by atoms with E-state index in [-0.39, 0.29) is 42.9 Å². The molecule has 184 valence electrons. The summed E-state index contributed by atoms with van der Waals surface area (Å²) < 4.78 is 28.5. The number of halogens is 1. The Morgan fingerprint density at radius 2 is 1.94 bits per heavy atom. The van der Waals surface area contributed by atoms with Crippen molar-refractivity contribution in [1.82, 2.24) is 0 Å². The lowest BCUT2D eigenvalue weighted by atomic mass is 9.44. The van der Waals surface area contributed by atoms with Crippen molar-refractivity contribution in [1.29, 1.82) is 0 Å². The molecule has 4 aliphatic rings. The highest BCUT2D eigenvalue weighted by atomic mass is 32.2. The van der Waals surface area contributed by atoms with Crippen LogP contribution in [0.4, 0.5) is 4.39 Å². The summed E-state index contributed by atoms with van der Waals surface area (Å²) in [7, 11) is 0. The number of ketones is 2. The number of Topliss-reactive ketones (excluding diaryl/α,β-unsaturated/α-hetero) is 1. The van der Waals surface area contributed by atoms with E-state index in [9.17, 15) is 19.5 Å². The number of hydrogen-bond donors (Lipinski definition) is 1. The number of esters is 1. The van der Waals surface area contributed by atoms with E-state index < -0.39 is 40.1 Å². The minimum Gasteiger partial charge on any atom is -0.458 e. The lowest BCUT2D eigenvalue weighted by molar-refractivity contribution is -0.231. The average molecular weight is 483 g/mol. The number of fused-ring (bicyclic) bond motifs is 5. The Kier molecular flexibility index (Phi) is 6.37. The minimum atomic E-state index is -1.86. The first-order chi connectivity index (χ1) is 15.5. The maximum absolute atomic E-state index is 17.2.